The number of halogens is 1. The summed E-state index contributed by atoms with van der Waals surface area (Å²) in [6, 6.07) is 0. The Morgan fingerprint density at radius 3 is 2.73 bits per heavy atom. The van der Waals surface area contributed by atoms with Gasteiger partial charge in [-0.25, -0.2) is 0 Å². The van der Waals surface area contributed by atoms with E-state index < -0.39 is 0 Å². The van der Waals surface area contributed by atoms with Crippen molar-refractivity contribution in [2.75, 3.05) is 33.2 Å². The third-order valence-corrected chi connectivity index (χ3v) is 3.84. The molecule has 0 aliphatic carbocycles. The van der Waals surface area contributed by atoms with Gasteiger partial charge in [-0.05, 0) is 32.9 Å². The molecule has 1 fully saturated rings. The summed E-state index contributed by atoms with van der Waals surface area (Å²) >= 11 is 0. The topological polar surface area (TPSA) is 70.4 Å². The number of hydrogen-bond donors (Lipinski definition) is 2. The van der Waals surface area contributed by atoms with E-state index in [1.807, 2.05) is 4.57 Å². The van der Waals surface area contributed by atoms with Gasteiger partial charge in [-0.15, -0.1) is 34.2 Å². The van der Waals surface area contributed by atoms with Crippen LogP contribution in [-0.4, -0.2) is 58.9 Å². The molecule has 1 aromatic rings. The van der Waals surface area contributed by atoms with Crippen LogP contribution in [0.15, 0.2) is 11.3 Å². The molecule has 1 saturated heterocycles. The van der Waals surface area contributed by atoms with Gasteiger partial charge in [0.15, 0.2) is 11.8 Å². The van der Waals surface area contributed by atoms with Crippen molar-refractivity contribution in [1.82, 2.24) is 30.3 Å². The molecular formula is C14H28IN7. The molecule has 0 saturated carbocycles. The molecule has 0 amide bonds. The number of guanidine groups is 1. The summed E-state index contributed by atoms with van der Waals surface area (Å²) < 4.78 is 2.02. The van der Waals surface area contributed by atoms with Gasteiger partial charge in [0.2, 0.25) is 0 Å². The summed E-state index contributed by atoms with van der Waals surface area (Å²) in [5.74, 6) is 1.74. The van der Waals surface area contributed by atoms with E-state index in [1.54, 1.807) is 13.4 Å². The molecule has 0 spiro atoms. The summed E-state index contributed by atoms with van der Waals surface area (Å²) in [7, 11) is 1.79. The standard InChI is InChI=1S/C14H27N7.HI/c1-3-21-12-18-19-13(21)11-17-14(15-2)16-7-10-20-8-5-4-6-9-20;/h12H,3-11H2,1-2H3,(H2,15,16,17);1H. The number of aryl methyl sites for hydroxylation is 1. The van der Waals surface area contributed by atoms with E-state index in [0.717, 1.165) is 31.4 Å². The number of aliphatic imine (C=N–C) groups is 1. The van der Waals surface area contributed by atoms with Crippen LogP contribution in [0.1, 0.15) is 32.0 Å². The lowest BCUT2D eigenvalue weighted by Gasteiger charge is -2.26. The van der Waals surface area contributed by atoms with E-state index in [-0.39, 0.29) is 24.0 Å². The van der Waals surface area contributed by atoms with Gasteiger partial charge in [0.05, 0.1) is 6.54 Å². The molecule has 1 aromatic heterocycles. The third kappa shape index (κ3) is 6.07. The Labute approximate surface area is 150 Å². The lowest BCUT2D eigenvalue weighted by Crippen LogP contribution is -2.42. The molecular weight excluding hydrogens is 393 g/mol. The molecule has 0 atom stereocenters. The van der Waals surface area contributed by atoms with Gasteiger partial charge in [-0.1, -0.05) is 6.42 Å². The Morgan fingerprint density at radius 2 is 2.05 bits per heavy atom. The fourth-order valence-corrected chi connectivity index (χ4v) is 2.58. The minimum absolute atomic E-state index is 0. The van der Waals surface area contributed by atoms with Crippen LogP contribution >= 0.6 is 24.0 Å². The van der Waals surface area contributed by atoms with Crippen molar-refractivity contribution >= 4 is 29.9 Å². The number of nitrogens with one attached hydrogen (secondary N) is 2. The maximum atomic E-state index is 4.24. The fourth-order valence-electron chi connectivity index (χ4n) is 2.58. The maximum Gasteiger partial charge on any atom is 0.191 e. The van der Waals surface area contributed by atoms with E-state index in [1.165, 1.54) is 32.4 Å². The minimum atomic E-state index is 0. The van der Waals surface area contributed by atoms with E-state index in [0.29, 0.717) is 6.54 Å². The van der Waals surface area contributed by atoms with E-state index in [4.69, 9.17) is 0 Å². The quantitative estimate of drug-likeness (QED) is 0.409. The largest absolute Gasteiger partial charge is 0.355 e. The van der Waals surface area contributed by atoms with Crippen LogP contribution in [0.25, 0.3) is 0 Å². The Morgan fingerprint density at radius 1 is 1.27 bits per heavy atom. The summed E-state index contributed by atoms with van der Waals surface area (Å²) in [5, 5.41) is 14.7. The van der Waals surface area contributed by atoms with Crippen molar-refractivity contribution in [2.24, 2.45) is 4.99 Å². The Bertz CT molecular complexity index is 440. The van der Waals surface area contributed by atoms with Gasteiger partial charge in [0.1, 0.15) is 6.33 Å². The first kappa shape index (κ1) is 19.1. The van der Waals surface area contributed by atoms with Gasteiger partial charge in [0, 0.05) is 26.7 Å². The average molecular weight is 421 g/mol. The highest BCUT2D eigenvalue weighted by Gasteiger charge is 2.09. The molecule has 0 bridgehead atoms. The molecule has 1 aliphatic rings. The van der Waals surface area contributed by atoms with Crippen molar-refractivity contribution < 1.29 is 0 Å². The van der Waals surface area contributed by atoms with Gasteiger partial charge in [-0.2, -0.15) is 0 Å². The van der Waals surface area contributed by atoms with E-state index in [9.17, 15) is 0 Å². The van der Waals surface area contributed by atoms with Crippen molar-refractivity contribution in [3.05, 3.63) is 12.2 Å². The summed E-state index contributed by atoms with van der Waals surface area (Å²) in [4.78, 5) is 6.76. The first-order valence-corrected chi connectivity index (χ1v) is 7.87. The Balaban J connectivity index is 0.00000242. The molecule has 2 N–H and O–H groups in total. The summed E-state index contributed by atoms with van der Waals surface area (Å²) in [6.45, 7) is 8.05. The molecule has 7 nitrogen and oxygen atoms in total. The smallest absolute Gasteiger partial charge is 0.191 e. The molecule has 22 heavy (non-hydrogen) atoms. The molecule has 0 radical (unpaired) electrons. The number of hydrogen-bond acceptors (Lipinski definition) is 4. The second kappa shape index (κ2) is 10.8. The summed E-state index contributed by atoms with van der Waals surface area (Å²) in [5.41, 5.74) is 0. The Hall–Kier alpha value is -0.900. The van der Waals surface area contributed by atoms with Crippen molar-refractivity contribution in [3.63, 3.8) is 0 Å². The van der Waals surface area contributed by atoms with Gasteiger partial charge >= 0.3 is 0 Å². The van der Waals surface area contributed by atoms with Gasteiger partial charge < -0.3 is 20.1 Å². The Kier molecular flexibility index (Phi) is 9.37. The highest BCUT2D eigenvalue weighted by Crippen LogP contribution is 2.07. The van der Waals surface area contributed by atoms with Gasteiger partial charge in [-0.3, -0.25) is 4.99 Å². The van der Waals surface area contributed by atoms with Crippen LogP contribution in [0.2, 0.25) is 0 Å². The van der Waals surface area contributed by atoms with Crippen LogP contribution in [0, 0.1) is 0 Å². The number of piperidine rings is 1. The molecule has 2 heterocycles. The summed E-state index contributed by atoms with van der Waals surface area (Å²) in [6.07, 6.45) is 5.80. The van der Waals surface area contributed by atoms with Crippen LogP contribution in [-0.2, 0) is 13.1 Å². The molecule has 0 aromatic carbocycles. The molecule has 2 rings (SSSR count). The monoisotopic (exact) mass is 421 g/mol. The number of likely N-dealkylation sites (tertiary alicyclic amines) is 1. The van der Waals surface area contributed by atoms with Gasteiger partial charge in [0.25, 0.3) is 0 Å². The second-order valence-corrected chi connectivity index (χ2v) is 5.29. The molecule has 126 valence electrons. The highest BCUT2D eigenvalue weighted by atomic mass is 127. The molecule has 0 unspecified atom stereocenters. The number of aromatic nitrogens is 3. The zero-order valence-corrected chi connectivity index (χ0v) is 15.9. The maximum absolute atomic E-state index is 4.24. The third-order valence-electron chi connectivity index (χ3n) is 3.84. The predicted octanol–water partition coefficient (Wildman–Crippen LogP) is 1.07. The highest BCUT2D eigenvalue weighted by molar-refractivity contribution is 14.0. The zero-order valence-electron chi connectivity index (χ0n) is 13.6. The SMILES string of the molecule is CCn1cnnc1CNC(=NC)NCCN1CCCCC1.I. The first-order chi connectivity index (χ1) is 10.3. The van der Waals surface area contributed by atoms with Crippen molar-refractivity contribution in [2.45, 2.75) is 39.3 Å². The normalized spacial score (nSPS) is 16.2. The minimum Gasteiger partial charge on any atom is -0.355 e. The first-order valence-electron chi connectivity index (χ1n) is 7.87. The van der Waals surface area contributed by atoms with Crippen LogP contribution in [0.4, 0.5) is 0 Å². The number of nitrogens with zero attached hydrogens (tertiary/aromatic N) is 5. The number of rotatable bonds is 6. The molecule has 1 aliphatic heterocycles. The van der Waals surface area contributed by atoms with E-state index in [2.05, 4.69) is 37.6 Å². The second-order valence-electron chi connectivity index (χ2n) is 5.29. The average Bonchev–Trinajstić information content (AvgIpc) is 2.99. The fraction of sp³-hybridized carbons (Fsp3) is 0.786. The van der Waals surface area contributed by atoms with Crippen LogP contribution in [0.3, 0.4) is 0 Å². The van der Waals surface area contributed by atoms with E-state index >= 15 is 0 Å². The molecule has 8 heteroatoms. The predicted molar refractivity (Wildman–Crippen MR) is 99.6 cm³/mol. The lowest BCUT2D eigenvalue weighted by atomic mass is 10.1. The van der Waals surface area contributed by atoms with Crippen LogP contribution in [0.5, 0.6) is 0 Å². The zero-order chi connectivity index (χ0) is 14.9. The lowest BCUT2D eigenvalue weighted by molar-refractivity contribution is 0.232. The van der Waals surface area contributed by atoms with Crippen molar-refractivity contribution in [1.29, 1.82) is 0 Å². The van der Waals surface area contributed by atoms with Crippen molar-refractivity contribution in [3.8, 4) is 0 Å². The van der Waals surface area contributed by atoms with Crippen LogP contribution < -0.4 is 10.6 Å².